The summed E-state index contributed by atoms with van der Waals surface area (Å²) in [5, 5.41) is 11.8. The van der Waals surface area contributed by atoms with Crippen molar-refractivity contribution in [2.45, 2.75) is 12.3 Å². The number of benzene rings is 2. The fourth-order valence-corrected chi connectivity index (χ4v) is 4.09. The molecule has 0 spiro atoms. The minimum absolute atomic E-state index is 0.0995. The summed E-state index contributed by atoms with van der Waals surface area (Å²) in [6, 6.07) is 11.4. The summed E-state index contributed by atoms with van der Waals surface area (Å²) in [6.45, 7) is 0.796. The molecule has 0 radical (unpaired) electrons. The molecule has 1 aliphatic rings. The van der Waals surface area contributed by atoms with Crippen LogP contribution in [0.3, 0.4) is 0 Å². The zero-order chi connectivity index (χ0) is 23.1. The molecule has 3 heterocycles. The molecule has 2 aromatic carbocycles. The van der Waals surface area contributed by atoms with Crippen molar-refractivity contribution in [3.8, 4) is 17.2 Å². The second kappa shape index (κ2) is 8.01. The average Bonchev–Trinajstić information content (AvgIpc) is 2.81. The first-order valence-electron chi connectivity index (χ1n) is 10.2. The van der Waals surface area contributed by atoms with E-state index in [9.17, 15) is 19.5 Å². The first-order valence-corrected chi connectivity index (χ1v) is 10.2. The summed E-state index contributed by atoms with van der Waals surface area (Å²) in [4.78, 5) is 41.0. The Labute approximate surface area is 186 Å². The van der Waals surface area contributed by atoms with Crippen LogP contribution in [0.15, 0.2) is 56.5 Å². The van der Waals surface area contributed by atoms with Crippen molar-refractivity contribution in [2.75, 3.05) is 20.3 Å². The number of rotatable bonds is 4. The lowest BCUT2D eigenvalue weighted by molar-refractivity contribution is -0.140. The number of carbonyl (C=O) groups is 1. The number of carbonyl (C=O) groups excluding carboxylic acids is 1. The van der Waals surface area contributed by atoms with E-state index in [2.05, 4.69) is 4.98 Å². The first kappa shape index (κ1) is 20.6. The van der Waals surface area contributed by atoms with Gasteiger partial charge in [0.2, 0.25) is 0 Å². The van der Waals surface area contributed by atoms with Crippen LogP contribution in [0.2, 0.25) is 0 Å². The van der Waals surface area contributed by atoms with E-state index in [0.29, 0.717) is 41.0 Å². The van der Waals surface area contributed by atoms with Crippen LogP contribution in [-0.4, -0.2) is 36.4 Å². The molecule has 0 aliphatic carbocycles. The van der Waals surface area contributed by atoms with Gasteiger partial charge in [0.05, 0.1) is 30.0 Å². The maximum atomic E-state index is 13.1. The summed E-state index contributed by atoms with van der Waals surface area (Å²) >= 11 is 0. The van der Waals surface area contributed by atoms with E-state index >= 15 is 0 Å². The number of pyridine rings is 1. The third-order valence-corrected chi connectivity index (χ3v) is 5.68. The topological polar surface area (TPSA) is 128 Å². The fraction of sp³-hybridized carbons (Fsp3) is 0.208. The van der Waals surface area contributed by atoms with E-state index in [1.807, 2.05) is 0 Å². The predicted octanol–water partition coefficient (Wildman–Crippen LogP) is 2.81. The SMILES string of the molecule is COC(=O)CC(c1cc2cc3c(cc2[nH]c1=O)OCCO3)c1c(O)c2ccccc2oc1=O. The third kappa shape index (κ3) is 3.57. The maximum Gasteiger partial charge on any atom is 0.343 e. The number of nitrogens with one attached hydrogen (secondary N) is 1. The van der Waals surface area contributed by atoms with E-state index in [0.717, 1.165) is 0 Å². The second-order valence-corrected chi connectivity index (χ2v) is 7.62. The lowest BCUT2D eigenvalue weighted by Crippen LogP contribution is -2.24. The number of ether oxygens (including phenoxy) is 3. The predicted molar refractivity (Wildman–Crippen MR) is 118 cm³/mol. The van der Waals surface area contributed by atoms with Gasteiger partial charge in [-0.05, 0) is 24.3 Å². The molecule has 9 nitrogen and oxygen atoms in total. The average molecular weight is 449 g/mol. The Morgan fingerprint density at radius 3 is 2.61 bits per heavy atom. The number of aromatic amines is 1. The van der Waals surface area contributed by atoms with Crippen molar-refractivity contribution >= 4 is 27.8 Å². The number of esters is 1. The minimum atomic E-state index is -1.11. The quantitative estimate of drug-likeness (QED) is 0.360. The van der Waals surface area contributed by atoms with Gasteiger partial charge >= 0.3 is 11.6 Å². The Bertz CT molecular complexity index is 1520. The summed E-state index contributed by atoms with van der Waals surface area (Å²) in [6.07, 6.45) is -0.355. The largest absolute Gasteiger partial charge is 0.507 e. The fourth-order valence-electron chi connectivity index (χ4n) is 4.09. The first-order chi connectivity index (χ1) is 16.0. The number of para-hydroxylation sites is 1. The van der Waals surface area contributed by atoms with Gasteiger partial charge in [0, 0.05) is 22.9 Å². The minimum Gasteiger partial charge on any atom is -0.507 e. The molecule has 0 amide bonds. The lowest BCUT2D eigenvalue weighted by Gasteiger charge is -2.20. The monoisotopic (exact) mass is 449 g/mol. The highest BCUT2D eigenvalue weighted by Gasteiger charge is 2.30. The summed E-state index contributed by atoms with van der Waals surface area (Å²) < 4.78 is 21.3. The number of aromatic hydroxyl groups is 1. The number of aromatic nitrogens is 1. The zero-order valence-corrected chi connectivity index (χ0v) is 17.5. The number of methoxy groups -OCH3 is 1. The van der Waals surface area contributed by atoms with Gasteiger partial charge in [-0.1, -0.05) is 12.1 Å². The molecule has 0 saturated heterocycles. The van der Waals surface area contributed by atoms with Crippen LogP contribution < -0.4 is 20.7 Å². The van der Waals surface area contributed by atoms with Gasteiger partial charge in [-0.2, -0.15) is 0 Å². The standard InChI is InChI=1S/C24H19NO8/c1-30-20(26)10-14(21-22(27)13-4-2-3-5-17(13)33-24(21)29)15-8-12-9-18-19(32-7-6-31-18)11-16(12)25-23(15)28/h2-5,8-9,11,14,27H,6-7,10H2,1H3,(H,25,28). The second-order valence-electron chi connectivity index (χ2n) is 7.62. The summed E-state index contributed by atoms with van der Waals surface area (Å²) in [5.74, 6) is -1.09. The molecule has 168 valence electrons. The molecule has 1 aliphatic heterocycles. The molecule has 5 rings (SSSR count). The zero-order valence-electron chi connectivity index (χ0n) is 17.5. The van der Waals surface area contributed by atoms with E-state index in [-0.39, 0.29) is 28.9 Å². The van der Waals surface area contributed by atoms with Crippen molar-refractivity contribution in [1.29, 1.82) is 0 Å². The van der Waals surface area contributed by atoms with E-state index in [4.69, 9.17) is 18.6 Å². The molecule has 0 fully saturated rings. The van der Waals surface area contributed by atoms with Crippen molar-refractivity contribution in [3.05, 3.63) is 74.4 Å². The van der Waals surface area contributed by atoms with E-state index < -0.39 is 23.1 Å². The van der Waals surface area contributed by atoms with Crippen LogP contribution in [0.4, 0.5) is 0 Å². The molecule has 0 bridgehead atoms. The molecule has 4 aromatic rings. The lowest BCUT2D eigenvalue weighted by atomic mass is 9.88. The molecule has 33 heavy (non-hydrogen) atoms. The van der Waals surface area contributed by atoms with Gasteiger partial charge in [0.1, 0.15) is 24.5 Å². The smallest absolute Gasteiger partial charge is 0.343 e. The van der Waals surface area contributed by atoms with Crippen molar-refractivity contribution in [1.82, 2.24) is 4.98 Å². The van der Waals surface area contributed by atoms with E-state index in [1.54, 1.807) is 42.5 Å². The van der Waals surface area contributed by atoms with Crippen LogP contribution >= 0.6 is 0 Å². The molecule has 9 heteroatoms. The highest BCUT2D eigenvalue weighted by Crippen LogP contribution is 2.38. The van der Waals surface area contributed by atoms with Crippen LogP contribution in [0, 0.1) is 0 Å². The van der Waals surface area contributed by atoms with Crippen LogP contribution in [0.1, 0.15) is 23.5 Å². The molecule has 0 saturated carbocycles. The highest BCUT2D eigenvalue weighted by atomic mass is 16.6. The molecular formula is C24H19NO8. The number of H-pyrrole nitrogens is 1. The molecule has 2 N–H and O–H groups in total. The molecular weight excluding hydrogens is 430 g/mol. The molecule has 2 aromatic heterocycles. The Morgan fingerprint density at radius 2 is 1.85 bits per heavy atom. The summed E-state index contributed by atoms with van der Waals surface area (Å²) in [7, 11) is 1.20. The van der Waals surface area contributed by atoms with Crippen LogP contribution in [0.5, 0.6) is 17.2 Å². The highest BCUT2D eigenvalue weighted by molar-refractivity contribution is 5.86. The number of fused-ring (bicyclic) bond motifs is 3. The van der Waals surface area contributed by atoms with Gasteiger partial charge in [-0.25, -0.2) is 4.79 Å². The van der Waals surface area contributed by atoms with E-state index in [1.165, 1.54) is 7.11 Å². The molecule has 1 atom stereocenters. The Hall–Kier alpha value is -4.27. The maximum absolute atomic E-state index is 13.1. The summed E-state index contributed by atoms with van der Waals surface area (Å²) in [5.41, 5.74) is -0.776. The Balaban J connectivity index is 1.74. The van der Waals surface area contributed by atoms with Crippen LogP contribution in [0.25, 0.3) is 21.9 Å². The van der Waals surface area contributed by atoms with Crippen molar-refractivity contribution in [2.24, 2.45) is 0 Å². The number of hydrogen-bond acceptors (Lipinski definition) is 8. The normalized spacial score (nSPS) is 13.7. The van der Waals surface area contributed by atoms with Gasteiger partial charge < -0.3 is 28.7 Å². The number of hydrogen-bond donors (Lipinski definition) is 2. The Kier molecular flexibility index (Phi) is 5.01. The molecule has 1 unspecified atom stereocenters. The van der Waals surface area contributed by atoms with Crippen molar-refractivity contribution in [3.63, 3.8) is 0 Å². The van der Waals surface area contributed by atoms with Gasteiger partial charge in [0.15, 0.2) is 11.5 Å². The third-order valence-electron chi connectivity index (χ3n) is 5.68. The van der Waals surface area contributed by atoms with Crippen LogP contribution in [-0.2, 0) is 9.53 Å². The Morgan fingerprint density at radius 1 is 1.12 bits per heavy atom. The van der Waals surface area contributed by atoms with Crippen molar-refractivity contribution < 1.29 is 28.5 Å². The van der Waals surface area contributed by atoms with Gasteiger partial charge in [-0.3, -0.25) is 9.59 Å². The van der Waals surface area contributed by atoms with Gasteiger partial charge in [0.25, 0.3) is 5.56 Å². The van der Waals surface area contributed by atoms with Gasteiger partial charge in [-0.15, -0.1) is 0 Å².